The van der Waals surface area contributed by atoms with E-state index in [1.165, 1.54) is 13.3 Å². The molecule has 3 aromatic rings. The quantitative estimate of drug-likeness (QED) is 0.105. The zero-order valence-electron chi connectivity index (χ0n) is 25.2. The first-order valence-corrected chi connectivity index (χ1v) is 15.3. The molecule has 12 nitrogen and oxygen atoms in total. The van der Waals surface area contributed by atoms with Crippen molar-refractivity contribution in [3.63, 3.8) is 0 Å². The Balaban J connectivity index is 1.20. The fourth-order valence-corrected chi connectivity index (χ4v) is 5.60. The van der Waals surface area contributed by atoms with Crippen molar-refractivity contribution < 1.29 is 38.0 Å². The SMILES string of the molecule is CCOC(=O)C1=C(C)NC(=S)N[C@H]1c1ccccc1OCC(=O)NN=Cc1cc(Br)c(OCc2ccc3c(c2)OCO3)c(OC)c1. The minimum Gasteiger partial charge on any atom is -0.493 e. The maximum atomic E-state index is 12.8. The number of carbonyl (C=O) groups excluding carboxylic acids is 2. The Morgan fingerprint density at radius 2 is 1.91 bits per heavy atom. The van der Waals surface area contributed by atoms with Crippen LogP contribution in [0.4, 0.5) is 0 Å². The molecule has 1 atom stereocenters. The number of nitrogens with zero attached hydrogens (tertiary/aromatic N) is 1. The number of hydrazone groups is 1. The number of nitrogens with one attached hydrogen (secondary N) is 3. The van der Waals surface area contributed by atoms with Crippen LogP contribution in [0.25, 0.3) is 0 Å². The van der Waals surface area contributed by atoms with E-state index in [1.54, 1.807) is 50.2 Å². The summed E-state index contributed by atoms with van der Waals surface area (Å²) in [6, 6.07) is 15.6. The molecule has 240 valence electrons. The van der Waals surface area contributed by atoms with Crippen LogP contribution >= 0.6 is 28.1 Å². The Morgan fingerprint density at radius 3 is 2.72 bits per heavy atom. The molecule has 46 heavy (non-hydrogen) atoms. The molecule has 2 aliphatic heterocycles. The van der Waals surface area contributed by atoms with Crippen molar-refractivity contribution in [2.24, 2.45) is 5.10 Å². The topological polar surface area (TPSA) is 138 Å². The molecule has 2 heterocycles. The summed E-state index contributed by atoms with van der Waals surface area (Å²) in [7, 11) is 1.53. The van der Waals surface area contributed by atoms with Gasteiger partial charge in [-0.2, -0.15) is 5.10 Å². The van der Waals surface area contributed by atoms with Gasteiger partial charge in [-0.1, -0.05) is 24.3 Å². The van der Waals surface area contributed by atoms with Gasteiger partial charge in [0.25, 0.3) is 5.91 Å². The van der Waals surface area contributed by atoms with Gasteiger partial charge in [-0.25, -0.2) is 10.2 Å². The zero-order chi connectivity index (χ0) is 32.6. The smallest absolute Gasteiger partial charge is 0.338 e. The highest BCUT2D eigenvalue weighted by molar-refractivity contribution is 9.10. The van der Waals surface area contributed by atoms with Crippen molar-refractivity contribution in [3.05, 3.63) is 87.0 Å². The van der Waals surface area contributed by atoms with Gasteiger partial charge < -0.3 is 39.1 Å². The van der Waals surface area contributed by atoms with Crippen LogP contribution in [0, 0.1) is 0 Å². The molecule has 3 N–H and O–H groups in total. The maximum absolute atomic E-state index is 12.8. The fraction of sp³-hybridized carbons (Fsp3) is 0.250. The van der Waals surface area contributed by atoms with Crippen LogP contribution in [0.2, 0.25) is 0 Å². The second-order valence-electron chi connectivity index (χ2n) is 9.92. The molecule has 2 aliphatic rings. The van der Waals surface area contributed by atoms with E-state index < -0.39 is 17.9 Å². The van der Waals surface area contributed by atoms with Crippen molar-refractivity contribution in [3.8, 4) is 28.7 Å². The lowest BCUT2D eigenvalue weighted by atomic mass is 9.95. The Labute approximate surface area is 279 Å². The first kappa shape index (κ1) is 32.6. The van der Waals surface area contributed by atoms with E-state index in [1.807, 2.05) is 18.2 Å². The second-order valence-corrected chi connectivity index (χ2v) is 11.2. The summed E-state index contributed by atoms with van der Waals surface area (Å²) in [6.45, 7) is 3.84. The monoisotopic (exact) mass is 710 g/mol. The van der Waals surface area contributed by atoms with Gasteiger partial charge in [0, 0.05) is 11.3 Å². The van der Waals surface area contributed by atoms with Crippen molar-refractivity contribution in [1.82, 2.24) is 16.1 Å². The number of carbonyl (C=O) groups is 2. The molecule has 0 saturated carbocycles. The largest absolute Gasteiger partial charge is 0.493 e. The summed E-state index contributed by atoms with van der Waals surface area (Å²) >= 11 is 8.86. The number of esters is 1. The lowest BCUT2D eigenvalue weighted by Crippen LogP contribution is -2.45. The number of thiocarbonyl (C=S) groups is 1. The number of rotatable bonds is 12. The van der Waals surface area contributed by atoms with Gasteiger partial charge in [0.15, 0.2) is 34.7 Å². The van der Waals surface area contributed by atoms with Crippen LogP contribution in [-0.4, -0.2) is 50.3 Å². The zero-order valence-corrected chi connectivity index (χ0v) is 27.6. The molecule has 0 unspecified atom stereocenters. The number of hydrogen-bond acceptors (Lipinski definition) is 10. The average molecular weight is 712 g/mol. The molecule has 0 fully saturated rings. The molecule has 3 aromatic carbocycles. The highest BCUT2D eigenvalue weighted by Crippen LogP contribution is 2.38. The molecule has 0 aliphatic carbocycles. The van der Waals surface area contributed by atoms with Gasteiger partial charge in [0.05, 0.1) is 36.0 Å². The number of halogens is 1. The van der Waals surface area contributed by atoms with Crippen molar-refractivity contribution in [1.29, 1.82) is 0 Å². The van der Waals surface area contributed by atoms with E-state index in [-0.39, 0.29) is 26.6 Å². The molecule has 0 aromatic heterocycles. The van der Waals surface area contributed by atoms with Crippen molar-refractivity contribution in [2.75, 3.05) is 27.1 Å². The fourth-order valence-electron chi connectivity index (χ4n) is 4.75. The lowest BCUT2D eigenvalue weighted by molar-refractivity contribution is -0.139. The third kappa shape index (κ3) is 7.69. The lowest BCUT2D eigenvalue weighted by Gasteiger charge is -2.30. The first-order chi connectivity index (χ1) is 22.3. The molecular formula is C32H31BrN4O8S. The highest BCUT2D eigenvalue weighted by atomic mass is 79.9. The molecule has 0 bridgehead atoms. The molecular weight excluding hydrogens is 680 g/mol. The van der Waals surface area contributed by atoms with Gasteiger partial charge in [0.1, 0.15) is 12.4 Å². The summed E-state index contributed by atoms with van der Waals surface area (Å²) in [5.41, 5.74) is 5.56. The number of methoxy groups -OCH3 is 1. The van der Waals surface area contributed by atoms with Crippen LogP contribution in [-0.2, 0) is 20.9 Å². The van der Waals surface area contributed by atoms with Crippen LogP contribution in [0.15, 0.2) is 75.4 Å². The predicted octanol–water partition coefficient (Wildman–Crippen LogP) is 4.65. The van der Waals surface area contributed by atoms with Gasteiger partial charge in [-0.05, 0) is 83.5 Å². The van der Waals surface area contributed by atoms with Crippen molar-refractivity contribution >= 4 is 51.4 Å². The number of benzene rings is 3. The third-order valence-corrected chi connectivity index (χ3v) is 7.64. The Kier molecular flexibility index (Phi) is 10.6. The van der Waals surface area contributed by atoms with E-state index >= 15 is 0 Å². The number of amides is 1. The normalized spacial score (nSPS) is 15.2. The summed E-state index contributed by atoms with van der Waals surface area (Å²) in [5, 5.41) is 10.5. The molecule has 5 rings (SSSR count). The highest BCUT2D eigenvalue weighted by Gasteiger charge is 2.32. The molecule has 0 radical (unpaired) electrons. The van der Waals surface area contributed by atoms with Crippen LogP contribution in [0.5, 0.6) is 28.7 Å². The predicted molar refractivity (Wildman–Crippen MR) is 176 cm³/mol. The number of fused-ring (bicyclic) bond motifs is 1. The van der Waals surface area contributed by atoms with E-state index in [4.69, 9.17) is 40.6 Å². The summed E-state index contributed by atoms with van der Waals surface area (Å²) in [6.07, 6.45) is 1.47. The van der Waals surface area contributed by atoms with Crippen LogP contribution < -0.4 is 39.7 Å². The summed E-state index contributed by atoms with van der Waals surface area (Å²) < 4.78 is 34.1. The first-order valence-electron chi connectivity index (χ1n) is 14.1. The molecule has 14 heteroatoms. The Hall–Kier alpha value is -4.82. The second kappa shape index (κ2) is 15.0. The minimum atomic E-state index is -0.637. The van der Waals surface area contributed by atoms with Gasteiger partial charge >= 0.3 is 5.97 Å². The number of para-hydroxylation sites is 1. The van der Waals surface area contributed by atoms with Crippen LogP contribution in [0.1, 0.15) is 36.6 Å². The van der Waals surface area contributed by atoms with Crippen LogP contribution in [0.3, 0.4) is 0 Å². The Bertz CT molecular complexity index is 1710. The van der Waals surface area contributed by atoms with Gasteiger partial charge in [-0.3, -0.25) is 4.79 Å². The minimum absolute atomic E-state index is 0.200. The molecule has 0 saturated heterocycles. The van der Waals surface area contributed by atoms with E-state index in [2.05, 4.69) is 37.1 Å². The number of hydrogen-bond donors (Lipinski definition) is 3. The van der Waals surface area contributed by atoms with E-state index in [0.717, 1.165) is 5.56 Å². The van der Waals surface area contributed by atoms with Gasteiger partial charge in [-0.15, -0.1) is 0 Å². The third-order valence-electron chi connectivity index (χ3n) is 6.83. The number of ether oxygens (including phenoxy) is 6. The van der Waals surface area contributed by atoms with Crippen molar-refractivity contribution in [2.45, 2.75) is 26.5 Å². The van der Waals surface area contributed by atoms with Gasteiger partial charge in [0.2, 0.25) is 6.79 Å². The average Bonchev–Trinajstić information content (AvgIpc) is 3.51. The Morgan fingerprint density at radius 1 is 1.11 bits per heavy atom. The van der Waals surface area contributed by atoms with E-state index in [9.17, 15) is 9.59 Å². The maximum Gasteiger partial charge on any atom is 0.338 e. The molecule has 0 spiro atoms. The molecule has 1 amide bonds. The standard InChI is InChI=1S/C32H31BrN4O8S/c1-4-41-31(39)28-18(2)35-32(46)36-29(28)21-7-5-6-8-23(21)42-16-27(38)37-34-14-20-11-22(33)30(26(13-20)40-3)43-15-19-9-10-24-25(12-19)45-17-44-24/h5-14,29H,4,15-17H2,1-3H3,(H,37,38)(H2,35,36,46)/t29-/m0/s1. The summed E-state index contributed by atoms with van der Waals surface area (Å²) in [4.78, 5) is 25.4. The number of allylic oxidation sites excluding steroid dienone is 1. The van der Waals surface area contributed by atoms with E-state index in [0.29, 0.717) is 60.7 Å². The summed E-state index contributed by atoms with van der Waals surface area (Å²) in [5.74, 6) is 1.77.